The van der Waals surface area contributed by atoms with Crippen LogP contribution < -0.4 is 5.32 Å². The molecule has 3 heteroatoms. The molecule has 0 heterocycles. The fourth-order valence-electron chi connectivity index (χ4n) is 1.76. The van der Waals surface area contributed by atoms with E-state index in [2.05, 4.69) is 5.32 Å². The van der Waals surface area contributed by atoms with Gasteiger partial charge in [-0.3, -0.25) is 4.79 Å². The summed E-state index contributed by atoms with van der Waals surface area (Å²) < 4.78 is 0. The lowest BCUT2D eigenvalue weighted by molar-refractivity contribution is -0.110. The quantitative estimate of drug-likeness (QED) is 0.486. The van der Waals surface area contributed by atoms with E-state index < -0.39 is 0 Å². The molecule has 2 unspecified atom stereocenters. The molecule has 0 saturated heterocycles. The predicted molar refractivity (Wildman–Crippen MR) is 50.2 cm³/mol. The van der Waals surface area contributed by atoms with Gasteiger partial charge in [0.05, 0.1) is 7.85 Å². The molecular weight excluding hydrogens is 149 g/mol. The first-order valence-electron chi connectivity index (χ1n) is 4.78. The number of carbonyl (C=O) groups excluding carboxylic acids is 1. The Bertz CT molecular complexity index is 140. The highest BCUT2D eigenvalue weighted by Gasteiger charge is 2.13. The molecule has 1 aliphatic rings. The monoisotopic (exact) mass is 165 g/mol. The maximum atomic E-state index is 10.2. The van der Waals surface area contributed by atoms with Gasteiger partial charge in [0.1, 0.15) is 0 Å². The molecular formula is C9H16BNO. The minimum Gasteiger partial charge on any atom is -0.356 e. The van der Waals surface area contributed by atoms with Crippen molar-refractivity contribution >= 4 is 14.3 Å². The molecule has 0 aromatic carbocycles. The molecule has 2 atom stereocenters. The summed E-state index contributed by atoms with van der Waals surface area (Å²) in [5.74, 6) is 0.348. The van der Waals surface area contributed by atoms with Gasteiger partial charge in [-0.1, -0.05) is 31.5 Å². The molecule has 1 rings (SSSR count). The fraction of sp³-hybridized carbons (Fsp3) is 0.889. The van der Waals surface area contributed by atoms with Crippen molar-refractivity contribution in [3.05, 3.63) is 0 Å². The molecule has 1 amide bonds. The normalized spacial score (nSPS) is 31.7. The van der Waals surface area contributed by atoms with Crippen LogP contribution in [0.3, 0.4) is 0 Å². The summed E-state index contributed by atoms with van der Waals surface area (Å²) in [5, 5.41) is 2.84. The Hall–Kier alpha value is -0.465. The van der Waals surface area contributed by atoms with Crippen LogP contribution in [0, 0.1) is 0 Å². The van der Waals surface area contributed by atoms with Gasteiger partial charge in [0.25, 0.3) is 0 Å². The first kappa shape index (κ1) is 9.62. The van der Waals surface area contributed by atoms with Gasteiger partial charge >= 0.3 is 0 Å². The smallest absolute Gasteiger partial charge is 0.207 e. The molecule has 1 N–H and O–H groups in total. The van der Waals surface area contributed by atoms with Gasteiger partial charge < -0.3 is 5.32 Å². The number of carbonyl (C=O) groups is 1. The SMILES string of the molecule is [B]C1CCCCC(NC=O)CC1. The Kier molecular flexibility index (Phi) is 4.19. The van der Waals surface area contributed by atoms with Crippen molar-refractivity contribution < 1.29 is 4.79 Å². The molecule has 2 nitrogen and oxygen atoms in total. The molecule has 1 aliphatic carbocycles. The molecule has 0 spiro atoms. The van der Waals surface area contributed by atoms with Crippen molar-refractivity contribution in [2.45, 2.75) is 50.4 Å². The van der Waals surface area contributed by atoms with Crippen LogP contribution >= 0.6 is 0 Å². The second-order valence-corrected chi connectivity index (χ2v) is 3.60. The van der Waals surface area contributed by atoms with Gasteiger partial charge in [0.2, 0.25) is 6.41 Å². The highest BCUT2D eigenvalue weighted by Crippen LogP contribution is 2.23. The predicted octanol–water partition coefficient (Wildman–Crippen LogP) is 1.41. The zero-order valence-electron chi connectivity index (χ0n) is 7.46. The van der Waals surface area contributed by atoms with E-state index in [1.54, 1.807) is 0 Å². The van der Waals surface area contributed by atoms with Gasteiger partial charge in [0, 0.05) is 6.04 Å². The number of hydrogen-bond donors (Lipinski definition) is 1. The first-order chi connectivity index (χ1) is 5.83. The average molecular weight is 165 g/mol. The zero-order valence-corrected chi connectivity index (χ0v) is 7.46. The lowest BCUT2D eigenvalue weighted by Crippen LogP contribution is -2.28. The number of hydrogen-bond acceptors (Lipinski definition) is 1. The third-order valence-electron chi connectivity index (χ3n) is 2.57. The summed E-state index contributed by atoms with van der Waals surface area (Å²) in [7, 11) is 5.85. The summed E-state index contributed by atoms with van der Waals surface area (Å²) >= 11 is 0. The molecule has 0 aromatic heterocycles. The Morgan fingerprint density at radius 2 is 1.92 bits per heavy atom. The van der Waals surface area contributed by atoms with Crippen LogP contribution in [0.15, 0.2) is 0 Å². The average Bonchev–Trinajstić information content (AvgIpc) is 2.04. The number of nitrogens with one attached hydrogen (secondary N) is 1. The Morgan fingerprint density at radius 1 is 1.17 bits per heavy atom. The van der Waals surface area contributed by atoms with Crippen LogP contribution in [0.1, 0.15) is 38.5 Å². The topological polar surface area (TPSA) is 29.1 Å². The lowest BCUT2D eigenvalue weighted by atomic mass is 9.76. The van der Waals surface area contributed by atoms with Crippen LogP contribution in [0.25, 0.3) is 0 Å². The minimum absolute atomic E-state index is 0.348. The standard InChI is InChI=1S/C9H16BNO/c10-8-3-1-2-4-9(6-5-8)11-7-12/h7-9H,1-6H2,(H,11,12). The van der Waals surface area contributed by atoms with Crippen LogP contribution in [0.2, 0.25) is 5.82 Å². The minimum atomic E-state index is 0.348. The maximum absolute atomic E-state index is 10.2. The third-order valence-corrected chi connectivity index (χ3v) is 2.57. The second-order valence-electron chi connectivity index (χ2n) is 3.60. The van der Waals surface area contributed by atoms with E-state index in [-0.39, 0.29) is 0 Å². The van der Waals surface area contributed by atoms with Crippen molar-refractivity contribution in [2.75, 3.05) is 0 Å². The zero-order chi connectivity index (χ0) is 8.81. The summed E-state index contributed by atoms with van der Waals surface area (Å²) in [6.45, 7) is 0. The van der Waals surface area contributed by atoms with Crippen molar-refractivity contribution in [3.63, 3.8) is 0 Å². The van der Waals surface area contributed by atoms with Crippen molar-refractivity contribution in [1.29, 1.82) is 0 Å². The van der Waals surface area contributed by atoms with Crippen LogP contribution in [-0.4, -0.2) is 20.3 Å². The van der Waals surface area contributed by atoms with Crippen molar-refractivity contribution in [1.82, 2.24) is 5.32 Å². The van der Waals surface area contributed by atoms with Gasteiger partial charge in [-0.2, -0.15) is 0 Å². The molecule has 0 aromatic rings. The highest BCUT2D eigenvalue weighted by atomic mass is 16.1. The highest BCUT2D eigenvalue weighted by molar-refractivity contribution is 6.11. The van der Waals surface area contributed by atoms with E-state index in [4.69, 9.17) is 7.85 Å². The molecule has 66 valence electrons. The second kappa shape index (κ2) is 5.23. The van der Waals surface area contributed by atoms with Crippen LogP contribution in [0.5, 0.6) is 0 Å². The van der Waals surface area contributed by atoms with Crippen molar-refractivity contribution in [2.24, 2.45) is 0 Å². The maximum Gasteiger partial charge on any atom is 0.207 e. The third kappa shape index (κ3) is 3.29. The summed E-state index contributed by atoms with van der Waals surface area (Å²) in [6.07, 6.45) is 7.56. The Balaban J connectivity index is 2.28. The van der Waals surface area contributed by atoms with E-state index >= 15 is 0 Å². The van der Waals surface area contributed by atoms with Gasteiger partial charge in [-0.05, 0) is 12.8 Å². The molecule has 0 bridgehead atoms. The van der Waals surface area contributed by atoms with Crippen molar-refractivity contribution in [3.8, 4) is 0 Å². The number of amides is 1. The van der Waals surface area contributed by atoms with E-state index in [1.807, 2.05) is 0 Å². The van der Waals surface area contributed by atoms with E-state index in [0.717, 1.165) is 32.1 Å². The van der Waals surface area contributed by atoms with Crippen LogP contribution in [0.4, 0.5) is 0 Å². The van der Waals surface area contributed by atoms with Crippen LogP contribution in [-0.2, 0) is 4.79 Å². The summed E-state index contributed by atoms with van der Waals surface area (Å²) in [4.78, 5) is 10.2. The Labute approximate surface area is 75.5 Å². The van der Waals surface area contributed by atoms with E-state index in [9.17, 15) is 4.79 Å². The van der Waals surface area contributed by atoms with Gasteiger partial charge in [0.15, 0.2) is 0 Å². The summed E-state index contributed by atoms with van der Waals surface area (Å²) in [6, 6.07) is 0.369. The fourth-order valence-corrected chi connectivity index (χ4v) is 1.76. The van der Waals surface area contributed by atoms with E-state index in [1.165, 1.54) is 12.8 Å². The molecule has 2 radical (unpaired) electrons. The molecule has 12 heavy (non-hydrogen) atoms. The largest absolute Gasteiger partial charge is 0.356 e. The lowest BCUT2D eigenvalue weighted by Gasteiger charge is -2.22. The molecule has 1 fully saturated rings. The van der Waals surface area contributed by atoms with Gasteiger partial charge in [-0.15, -0.1) is 0 Å². The summed E-state index contributed by atoms with van der Waals surface area (Å²) in [5.41, 5.74) is 0. The van der Waals surface area contributed by atoms with Gasteiger partial charge in [-0.25, -0.2) is 0 Å². The molecule has 1 saturated carbocycles. The Morgan fingerprint density at radius 3 is 2.67 bits per heavy atom. The molecule has 0 aliphatic heterocycles. The van der Waals surface area contributed by atoms with E-state index in [0.29, 0.717) is 11.9 Å². The first-order valence-corrected chi connectivity index (χ1v) is 4.78. The number of rotatable bonds is 2.